The Balaban J connectivity index is 1.69. The number of thiazole rings is 1. The first-order valence-corrected chi connectivity index (χ1v) is 13.7. The average molecular weight is 493 g/mol. The molecule has 7 nitrogen and oxygen atoms in total. The molecule has 32 heavy (non-hydrogen) atoms. The molecule has 2 aromatic heterocycles. The molecule has 1 unspecified atom stereocenters. The molecule has 1 atom stereocenters. The van der Waals surface area contributed by atoms with Gasteiger partial charge >= 0.3 is 0 Å². The SMILES string of the molecule is Cc1cc2nc(N(CCN(C)C)C(=O)C3CCCN3S(=O)(=O)c3cccs3)sc2cc1C. The summed E-state index contributed by atoms with van der Waals surface area (Å²) in [5.41, 5.74) is 3.21. The highest BCUT2D eigenvalue weighted by molar-refractivity contribution is 7.91. The van der Waals surface area contributed by atoms with Crippen LogP contribution in [0.5, 0.6) is 0 Å². The van der Waals surface area contributed by atoms with Gasteiger partial charge < -0.3 is 4.90 Å². The molecule has 3 heterocycles. The molecule has 1 fully saturated rings. The molecule has 3 aromatic rings. The monoisotopic (exact) mass is 492 g/mol. The van der Waals surface area contributed by atoms with E-state index in [1.165, 1.54) is 32.5 Å². The van der Waals surface area contributed by atoms with Crippen LogP contribution in [0.2, 0.25) is 0 Å². The van der Waals surface area contributed by atoms with Gasteiger partial charge in [0.05, 0.1) is 10.2 Å². The first-order valence-electron chi connectivity index (χ1n) is 10.6. The molecular weight excluding hydrogens is 464 g/mol. The van der Waals surface area contributed by atoms with Crippen LogP contribution >= 0.6 is 22.7 Å². The number of sulfonamides is 1. The molecule has 0 bridgehead atoms. The van der Waals surface area contributed by atoms with Crippen LogP contribution in [0.1, 0.15) is 24.0 Å². The number of aryl methyl sites for hydroxylation is 2. The minimum Gasteiger partial charge on any atom is -0.308 e. The average Bonchev–Trinajstić information content (AvgIpc) is 3.49. The predicted molar refractivity (Wildman–Crippen MR) is 131 cm³/mol. The third kappa shape index (κ3) is 4.47. The van der Waals surface area contributed by atoms with Crippen molar-refractivity contribution >= 4 is 54.0 Å². The molecule has 4 rings (SSSR count). The summed E-state index contributed by atoms with van der Waals surface area (Å²) in [6.45, 7) is 5.58. The maximum absolute atomic E-state index is 13.8. The minimum atomic E-state index is -3.70. The number of likely N-dealkylation sites (N-methyl/N-ethyl adjacent to an activating group) is 1. The van der Waals surface area contributed by atoms with Crippen LogP contribution in [-0.2, 0) is 14.8 Å². The van der Waals surface area contributed by atoms with Crippen LogP contribution < -0.4 is 4.90 Å². The normalized spacial score (nSPS) is 17.5. The van der Waals surface area contributed by atoms with E-state index in [0.29, 0.717) is 37.6 Å². The van der Waals surface area contributed by atoms with Gasteiger partial charge in [0.25, 0.3) is 10.0 Å². The first-order chi connectivity index (χ1) is 15.2. The minimum absolute atomic E-state index is 0.197. The molecule has 1 saturated heterocycles. The molecule has 1 aliphatic heterocycles. The van der Waals surface area contributed by atoms with Gasteiger partial charge in [-0.15, -0.1) is 11.3 Å². The quantitative estimate of drug-likeness (QED) is 0.503. The number of fused-ring (bicyclic) bond motifs is 1. The van der Waals surface area contributed by atoms with Gasteiger partial charge in [-0.3, -0.25) is 9.69 Å². The summed E-state index contributed by atoms with van der Waals surface area (Å²) in [4.78, 5) is 22.2. The summed E-state index contributed by atoms with van der Waals surface area (Å²) in [7, 11) is 0.215. The van der Waals surface area contributed by atoms with Gasteiger partial charge in [0, 0.05) is 19.6 Å². The van der Waals surface area contributed by atoms with E-state index in [4.69, 9.17) is 4.98 Å². The van der Waals surface area contributed by atoms with E-state index in [1.807, 2.05) is 25.1 Å². The van der Waals surface area contributed by atoms with E-state index in [-0.39, 0.29) is 10.1 Å². The fourth-order valence-electron chi connectivity index (χ4n) is 3.86. The summed E-state index contributed by atoms with van der Waals surface area (Å²) in [6.07, 6.45) is 1.19. The van der Waals surface area contributed by atoms with Crippen molar-refractivity contribution in [3.63, 3.8) is 0 Å². The number of benzene rings is 1. The van der Waals surface area contributed by atoms with Crippen molar-refractivity contribution in [2.45, 2.75) is 36.9 Å². The topological polar surface area (TPSA) is 73.8 Å². The number of carbonyl (C=O) groups excluding carboxylic acids is 1. The van der Waals surface area contributed by atoms with Gasteiger partial charge in [-0.1, -0.05) is 17.4 Å². The van der Waals surface area contributed by atoms with Crippen LogP contribution in [0.3, 0.4) is 0 Å². The van der Waals surface area contributed by atoms with E-state index in [9.17, 15) is 13.2 Å². The van der Waals surface area contributed by atoms with Gasteiger partial charge in [0.15, 0.2) is 5.13 Å². The van der Waals surface area contributed by atoms with Crippen molar-refractivity contribution in [2.24, 2.45) is 0 Å². The van der Waals surface area contributed by atoms with Crippen molar-refractivity contribution in [1.29, 1.82) is 0 Å². The Labute approximate surface area is 197 Å². The second-order valence-electron chi connectivity index (χ2n) is 8.40. The van der Waals surface area contributed by atoms with Gasteiger partial charge in [-0.05, 0) is 75.5 Å². The zero-order valence-electron chi connectivity index (χ0n) is 18.7. The highest BCUT2D eigenvalue weighted by Gasteiger charge is 2.42. The summed E-state index contributed by atoms with van der Waals surface area (Å²) >= 11 is 2.67. The van der Waals surface area contributed by atoms with Crippen LogP contribution in [-0.4, -0.2) is 68.3 Å². The molecule has 1 amide bonds. The zero-order chi connectivity index (χ0) is 23.0. The Morgan fingerprint density at radius 2 is 1.97 bits per heavy atom. The fourth-order valence-corrected chi connectivity index (χ4v) is 7.71. The third-order valence-corrected chi connectivity index (χ3v) is 10.1. The summed E-state index contributed by atoms with van der Waals surface area (Å²) < 4.78 is 29.1. The molecule has 172 valence electrons. The lowest BCUT2D eigenvalue weighted by Gasteiger charge is -2.29. The predicted octanol–water partition coefficient (Wildman–Crippen LogP) is 3.72. The molecule has 0 saturated carbocycles. The molecule has 0 spiro atoms. The molecule has 10 heteroatoms. The lowest BCUT2D eigenvalue weighted by Crippen LogP contribution is -2.49. The van der Waals surface area contributed by atoms with Crippen LogP contribution in [0.15, 0.2) is 33.9 Å². The lowest BCUT2D eigenvalue weighted by atomic mass is 10.1. The molecule has 0 radical (unpaired) electrons. The van der Waals surface area contributed by atoms with Crippen LogP contribution in [0, 0.1) is 13.8 Å². The van der Waals surface area contributed by atoms with Crippen molar-refractivity contribution in [1.82, 2.24) is 14.2 Å². The molecule has 0 aliphatic carbocycles. The number of thiophene rings is 1. The lowest BCUT2D eigenvalue weighted by molar-refractivity contribution is -0.121. The van der Waals surface area contributed by atoms with Gasteiger partial charge in [-0.25, -0.2) is 13.4 Å². The van der Waals surface area contributed by atoms with E-state index < -0.39 is 16.1 Å². The third-order valence-electron chi connectivity index (χ3n) is 5.81. The molecular formula is C22H28N4O3S3. The number of rotatable bonds is 7. The van der Waals surface area contributed by atoms with Crippen LogP contribution in [0.4, 0.5) is 5.13 Å². The number of hydrogen-bond acceptors (Lipinski definition) is 7. The van der Waals surface area contributed by atoms with E-state index in [1.54, 1.807) is 22.4 Å². The highest BCUT2D eigenvalue weighted by atomic mass is 32.2. The second-order valence-corrected chi connectivity index (χ2v) is 12.5. The maximum Gasteiger partial charge on any atom is 0.253 e. The second kappa shape index (κ2) is 9.18. The first kappa shape index (κ1) is 23.3. The molecule has 1 aromatic carbocycles. The maximum atomic E-state index is 13.8. The summed E-state index contributed by atoms with van der Waals surface area (Å²) in [5.74, 6) is -0.197. The van der Waals surface area contributed by atoms with Crippen molar-refractivity contribution < 1.29 is 13.2 Å². The Morgan fingerprint density at radius 1 is 1.22 bits per heavy atom. The Morgan fingerprint density at radius 3 is 2.66 bits per heavy atom. The number of nitrogens with zero attached hydrogens (tertiary/aromatic N) is 4. The van der Waals surface area contributed by atoms with E-state index in [0.717, 1.165) is 15.8 Å². The molecule has 1 aliphatic rings. The Bertz CT molecular complexity index is 1180. The fraction of sp³-hybridized carbons (Fsp3) is 0.455. The number of amides is 1. The van der Waals surface area contributed by atoms with Gasteiger partial charge in [0.2, 0.25) is 5.91 Å². The number of anilines is 1. The van der Waals surface area contributed by atoms with E-state index >= 15 is 0 Å². The van der Waals surface area contributed by atoms with Crippen molar-refractivity contribution in [2.75, 3.05) is 38.6 Å². The number of carbonyl (C=O) groups is 1. The Kier molecular flexibility index (Phi) is 6.69. The van der Waals surface area contributed by atoms with Gasteiger partial charge in [-0.2, -0.15) is 4.31 Å². The summed E-state index contributed by atoms with van der Waals surface area (Å²) in [6, 6.07) is 6.76. The Hall–Kier alpha value is -1.85. The van der Waals surface area contributed by atoms with E-state index in [2.05, 4.69) is 19.9 Å². The largest absolute Gasteiger partial charge is 0.308 e. The standard InChI is InChI=1S/C22H28N4O3S3/c1-15-13-17-19(14-16(15)2)31-22(23-17)25(11-10-24(3)4)21(27)18-7-5-9-26(18)32(28,29)20-8-6-12-30-20/h6,8,12-14,18H,5,7,9-11H2,1-4H3. The zero-order valence-corrected chi connectivity index (χ0v) is 21.2. The smallest absolute Gasteiger partial charge is 0.253 e. The van der Waals surface area contributed by atoms with Crippen molar-refractivity contribution in [3.8, 4) is 0 Å². The highest BCUT2D eigenvalue weighted by Crippen LogP contribution is 2.34. The molecule has 0 N–H and O–H groups in total. The van der Waals surface area contributed by atoms with Crippen molar-refractivity contribution in [3.05, 3.63) is 40.8 Å². The number of hydrogen-bond donors (Lipinski definition) is 0. The number of aromatic nitrogens is 1. The van der Waals surface area contributed by atoms with Gasteiger partial charge in [0.1, 0.15) is 10.3 Å². The summed E-state index contributed by atoms with van der Waals surface area (Å²) in [5, 5.41) is 2.37. The van der Waals surface area contributed by atoms with Crippen LogP contribution in [0.25, 0.3) is 10.2 Å².